The van der Waals surface area contributed by atoms with Gasteiger partial charge in [-0.25, -0.2) is 0 Å². The van der Waals surface area contributed by atoms with Crippen LogP contribution >= 0.6 is 0 Å². The summed E-state index contributed by atoms with van der Waals surface area (Å²) in [5.41, 5.74) is 2.23. The highest BCUT2D eigenvalue weighted by Gasteiger charge is 2.10. The van der Waals surface area contributed by atoms with E-state index in [4.69, 9.17) is 5.11 Å². The summed E-state index contributed by atoms with van der Waals surface area (Å²) >= 11 is 0. The Morgan fingerprint density at radius 1 is 1.50 bits per heavy atom. The highest BCUT2D eigenvalue weighted by molar-refractivity contribution is 5.06. The lowest BCUT2D eigenvalue weighted by Crippen LogP contribution is -2.35. The van der Waals surface area contributed by atoms with E-state index < -0.39 is 0 Å². The largest absolute Gasteiger partial charge is 0.396 e. The standard InChI is InChI=1S/C12H23N3O/c1-4-6-13-12(5-7-16)9-15-11(3)8-10(2)14-15/h8,12-13,16H,4-7,9H2,1-3H3. The maximum atomic E-state index is 9.02. The molecular weight excluding hydrogens is 202 g/mol. The van der Waals surface area contributed by atoms with Gasteiger partial charge in [0.25, 0.3) is 0 Å². The SMILES string of the molecule is CCCNC(CCO)Cn1nc(C)cc1C. The van der Waals surface area contributed by atoms with Crippen LogP contribution in [0.25, 0.3) is 0 Å². The van der Waals surface area contributed by atoms with E-state index in [2.05, 4.69) is 30.3 Å². The van der Waals surface area contributed by atoms with Crippen molar-refractivity contribution in [3.63, 3.8) is 0 Å². The molecule has 92 valence electrons. The third-order valence-electron chi connectivity index (χ3n) is 2.66. The second-order valence-electron chi connectivity index (χ2n) is 4.27. The van der Waals surface area contributed by atoms with Crippen LogP contribution in [0, 0.1) is 13.8 Å². The molecule has 0 spiro atoms. The first kappa shape index (κ1) is 13.2. The molecule has 0 aliphatic rings. The van der Waals surface area contributed by atoms with Crippen molar-refractivity contribution >= 4 is 0 Å². The number of hydrogen-bond acceptors (Lipinski definition) is 3. The quantitative estimate of drug-likeness (QED) is 0.734. The van der Waals surface area contributed by atoms with Gasteiger partial charge in [-0.1, -0.05) is 6.92 Å². The number of nitrogens with zero attached hydrogens (tertiary/aromatic N) is 2. The van der Waals surface area contributed by atoms with Crippen molar-refractivity contribution in [2.75, 3.05) is 13.2 Å². The van der Waals surface area contributed by atoms with Gasteiger partial charge in [-0.3, -0.25) is 4.68 Å². The Labute approximate surface area is 97.7 Å². The van der Waals surface area contributed by atoms with Crippen LogP contribution in [0.5, 0.6) is 0 Å². The Balaban J connectivity index is 2.56. The fourth-order valence-corrected chi connectivity index (χ4v) is 1.83. The zero-order chi connectivity index (χ0) is 12.0. The third kappa shape index (κ3) is 3.94. The molecule has 1 rings (SSSR count). The van der Waals surface area contributed by atoms with Crippen molar-refractivity contribution in [1.29, 1.82) is 0 Å². The molecule has 1 unspecified atom stereocenters. The monoisotopic (exact) mass is 225 g/mol. The van der Waals surface area contributed by atoms with Crippen LogP contribution in [-0.2, 0) is 6.54 Å². The summed E-state index contributed by atoms with van der Waals surface area (Å²) in [5, 5.41) is 16.9. The second-order valence-corrected chi connectivity index (χ2v) is 4.27. The van der Waals surface area contributed by atoms with E-state index in [9.17, 15) is 0 Å². The summed E-state index contributed by atoms with van der Waals surface area (Å²) in [6.45, 7) is 8.26. The van der Waals surface area contributed by atoms with Gasteiger partial charge >= 0.3 is 0 Å². The summed E-state index contributed by atoms with van der Waals surface area (Å²) in [5.74, 6) is 0. The van der Waals surface area contributed by atoms with Crippen LogP contribution in [0.2, 0.25) is 0 Å². The van der Waals surface area contributed by atoms with E-state index in [1.807, 2.05) is 11.6 Å². The fraction of sp³-hybridized carbons (Fsp3) is 0.750. The highest BCUT2D eigenvalue weighted by atomic mass is 16.3. The molecule has 0 fully saturated rings. The number of aromatic nitrogens is 2. The average Bonchev–Trinajstić information content (AvgIpc) is 2.54. The number of nitrogens with one attached hydrogen (secondary N) is 1. The number of rotatable bonds is 7. The number of aliphatic hydroxyl groups excluding tert-OH is 1. The summed E-state index contributed by atoms with van der Waals surface area (Å²) in [4.78, 5) is 0. The first-order valence-corrected chi connectivity index (χ1v) is 6.02. The minimum absolute atomic E-state index is 0.223. The van der Waals surface area contributed by atoms with Crippen molar-refractivity contribution in [3.05, 3.63) is 17.5 Å². The third-order valence-corrected chi connectivity index (χ3v) is 2.66. The molecule has 4 nitrogen and oxygen atoms in total. The molecule has 16 heavy (non-hydrogen) atoms. The molecule has 0 amide bonds. The molecule has 0 aliphatic carbocycles. The zero-order valence-electron chi connectivity index (χ0n) is 10.5. The minimum atomic E-state index is 0.223. The summed E-state index contributed by atoms with van der Waals surface area (Å²) < 4.78 is 2.01. The van der Waals surface area contributed by atoms with Crippen LogP contribution in [0.1, 0.15) is 31.2 Å². The Kier molecular flexibility index (Phi) is 5.49. The second kappa shape index (κ2) is 6.66. The van der Waals surface area contributed by atoms with Gasteiger partial charge in [-0.2, -0.15) is 5.10 Å². The van der Waals surface area contributed by atoms with Gasteiger partial charge in [0.05, 0.1) is 12.2 Å². The molecule has 1 atom stereocenters. The summed E-state index contributed by atoms with van der Waals surface area (Å²) in [6, 6.07) is 2.39. The maximum absolute atomic E-state index is 9.02. The predicted molar refractivity (Wildman–Crippen MR) is 65.5 cm³/mol. The van der Waals surface area contributed by atoms with Crippen molar-refractivity contribution in [2.24, 2.45) is 0 Å². The first-order valence-electron chi connectivity index (χ1n) is 6.02. The van der Waals surface area contributed by atoms with Crippen molar-refractivity contribution in [2.45, 2.75) is 46.2 Å². The van der Waals surface area contributed by atoms with Gasteiger partial charge in [-0.05, 0) is 39.3 Å². The van der Waals surface area contributed by atoms with E-state index in [0.29, 0.717) is 6.04 Å². The van der Waals surface area contributed by atoms with E-state index in [1.165, 1.54) is 5.69 Å². The Hall–Kier alpha value is -0.870. The number of aryl methyl sites for hydroxylation is 2. The van der Waals surface area contributed by atoms with Crippen molar-refractivity contribution in [1.82, 2.24) is 15.1 Å². The van der Waals surface area contributed by atoms with E-state index in [-0.39, 0.29) is 6.61 Å². The first-order chi connectivity index (χ1) is 7.67. The predicted octanol–water partition coefficient (Wildman–Crippen LogP) is 1.25. The van der Waals surface area contributed by atoms with Crippen LogP contribution in [0.4, 0.5) is 0 Å². The Bertz CT molecular complexity index is 309. The molecule has 0 aromatic carbocycles. The molecular formula is C12H23N3O. The molecule has 0 saturated carbocycles. The molecule has 0 radical (unpaired) electrons. The number of hydrogen-bond donors (Lipinski definition) is 2. The summed E-state index contributed by atoms with van der Waals surface area (Å²) in [6.07, 6.45) is 1.89. The smallest absolute Gasteiger partial charge is 0.0596 e. The normalized spacial score (nSPS) is 13.0. The molecule has 4 heteroatoms. The molecule has 0 saturated heterocycles. The molecule has 0 bridgehead atoms. The van der Waals surface area contributed by atoms with Gasteiger partial charge in [0.15, 0.2) is 0 Å². The van der Waals surface area contributed by atoms with Crippen LogP contribution in [0.3, 0.4) is 0 Å². The molecule has 1 aromatic rings. The van der Waals surface area contributed by atoms with E-state index in [0.717, 1.165) is 31.6 Å². The molecule has 1 heterocycles. The molecule has 2 N–H and O–H groups in total. The lowest BCUT2D eigenvalue weighted by Gasteiger charge is -2.18. The lowest BCUT2D eigenvalue weighted by atomic mass is 10.2. The van der Waals surface area contributed by atoms with Crippen LogP contribution in [-0.4, -0.2) is 34.1 Å². The topological polar surface area (TPSA) is 50.1 Å². The zero-order valence-corrected chi connectivity index (χ0v) is 10.5. The summed E-state index contributed by atoms with van der Waals surface area (Å²) in [7, 11) is 0. The van der Waals surface area contributed by atoms with Gasteiger partial charge in [-0.15, -0.1) is 0 Å². The van der Waals surface area contributed by atoms with E-state index in [1.54, 1.807) is 0 Å². The maximum Gasteiger partial charge on any atom is 0.0596 e. The van der Waals surface area contributed by atoms with Crippen molar-refractivity contribution < 1.29 is 5.11 Å². The highest BCUT2D eigenvalue weighted by Crippen LogP contribution is 2.04. The fourth-order valence-electron chi connectivity index (χ4n) is 1.83. The van der Waals surface area contributed by atoms with Gasteiger partial charge in [0.1, 0.15) is 0 Å². The van der Waals surface area contributed by atoms with Crippen molar-refractivity contribution in [3.8, 4) is 0 Å². The molecule has 1 aromatic heterocycles. The Morgan fingerprint density at radius 3 is 2.75 bits per heavy atom. The van der Waals surface area contributed by atoms with E-state index >= 15 is 0 Å². The average molecular weight is 225 g/mol. The Morgan fingerprint density at radius 2 is 2.25 bits per heavy atom. The molecule has 0 aliphatic heterocycles. The van der Waals surface area contributed by atoms with Gasteiger partial charge in [0, 0.05) is 18.3 Å². The van der Waals surface area contributed by atoms with Gasteiger partial charge in [0.2, 0.25) is 0 Å². The lowest BCUT2D eigenvalue weighted by molar-refractivity contribution is 0.253. The van der Waals surface area contributed by atoms with Crippen LogP contribution in [0.15, 0.2) is 6.07 Å². The minimum Gasteiger partial charge on any atom is -0.396 e. The van der Waals surface area contributed by atoms with Crippen LogP contribution < -0.4 is 5.32 Å². The van der Waals surface area contributed by atoms with Gasteiger partial charge < -0.3 is 10.4 Å². The number of aliphatic hydroxyl groups is 1.